The second kappa shape index (κ2) is 13.1. The summed E-state index contributed by atoms with van der Waals surface area (Å²) >= 11 is 6.05. The predicted octanol–water partition coefficient (Wildman–Crippen LogP) is 5.21. The number of benzene rings is 3. The Kier molecular flexibility index (Phi) is 9.57. The lowest BCUT2D eigenvalue weighted by molar-refractivity contribution is -0.111. The average Bonchev–Trinajstić information content (AvgIpc) is 2.87. The molecule has 0 saturated heterocycles. The van der Waals surface area contributed by atoms with Gasteiger partial charge in [0.2, 0.25) is 5.91 Å². The lowest BCUT2D eigenvalue weighted by Crippen LogP contribution is -2.18. The largest absolute Gasteiger partial charge is 0.490 e. The van der Waals surface area contributed by atoms with Crippen LogP contribution >= 0.6 is 11.6 Å². The van der Waals surface area contributed by atoms with E-state index < -0.39 is 0 Å². The van der Waals surface area contributed by atoms with Gasteiger partial charge in [-0.3, -0.25) is 9.59 Å². The molecule has 3 aromatic carbocycles. The van der Waals surface area contributed by atoms with E-state index in [0.717, 1.165) is 11.3 Å². The van der Waals surface area contributed by atoms with Crippen molar-refractivity contribution in [1.29, 1.82) is 0 Å². The Balaban J connectivity index is 1.60. The number of hydrogen-bond donors (Lipinski definition) is 2. The fourth-order valence-corrected chi connectivity index (χ4v) is 3.31. The maximum atomic E-state index is 12.4. The first-order valence-corrected chi connectivity index (χ1v) is 11.5. The van der Waals surface area contributed by atoms with E-state index in [9.17, 15) is 9.59 Å². The van der Waals surface area contributed by atoms with Crippen LogP contribution < -0.4 is 24.8 Å². The number of hydrogen-bond acceptors (Lipinski definition) is 5. The van der Waals surface area contributed by atoms with Gasteiger partial charge in [0, 0.05) is 18.8 Å². The molecule has 3 rings (SSSR count). The molecule has 0 heterocycles. The molecule has 2 amide bonds. The van der Waals surface area contributed by atoms with E-state index in [1.165, 1.54) is 19.2 Å². The summed E-state index contributed by atoms with van der Waals surface area (Å²) in [5.41, 5.74) is 1.50. The van der Waals surface area contributed by atoms with E-state index >= 15 is 0 Å². The highest BCUT2D eigenvalue weighted by atomic mass is 35.5. The number of amides is 2. The molecule has 0 aromatic heterocycles. The molecule has 0 saturated carbocycles. The van der Waals surface area contributed by atoms with Gasteiger partial charge >= 0.3 is 0 Å². The van der Waals surface area contributed by atoms with E-state index in [4.69, 9.17) is 25.8 Å². The fraction of sp³-hybridized carbons (Fsp3) is 0.185. The van der Waals surface area contributed by atoms with Crippen molar-refractivity contribution in [2.75, 3.05) is 32.2 Å². The van der Waals surface area contributed by atoms with Crippen molar-refractivity contribution in [3.05, 3.63) is 89.0 Å². The molecule has 0 aliphatic carbocycles. The standard InChI is InChI=1S/C27H27ClN2O5/c1-3-33-25-17-19(9-13-24(25)35-16-15-34-21-7-5-4-6-8-21)10-14-26(31)30-20-11-12-23(28)22(18-20)27(32)29-2/h4-14,17-18H,3,15-16H2,1-2H3,(H,29,32)(H,30,31)/b14-10+. The van der Waals surface area contributed by atoms with Crippen LogP contribution in [0.25, 0.3) is 6.08 Å². The summed E-state index contributed by atoms with van der Waals surface area (Å²) in [4.78, 5) is 24.3. The van der Waals surface area contributed by atoms with Crippen molar-refractivity contribution in [1.82, 2.24) is 5.32 Å². The number of nitrogens with one attached hydrogen (secondary N) is 2. The lowest BCUT2D eigenvalue weighted by atomic mass is 10.1. The Labute approximate surface area is 209 Å². The molecular weight excluding hydrogens is 468 g/mol. The monoisotopic (exact) mass is 494 g/mol. The molecule has 0 aliphatic heterocycles. The first-order valence-electron chi connectivity index (χ1n) is 11.1. The molecule has 0 aliphatic rings. The van der Waals surface area contributed by atoms with Crippen LogP contribution in [0.3, 0.4) is 0 Å². The molecule has 182 valence electrons. The third-order valence-electron chi connectivity index (χ3n) is 4.75. The zero-order chi connectivity index (χ0) is 25.0. The van der Waals surface area contributed by atoms with Crippen molar-refractivity contribution < 1.29 is 23.8 Å². The first-order chi connectivity index (χ1) is 17.0. The second-order valence-corrected chi connectivity index (χ2v) is 7.65. The SMILES string of the molecule is CCOc1cc(/C=C/C(=O)Nc2ccc(Cl)c(C(=O)NC)c2)ccc1OCCOc1ccccc1. The van der Waals surface area contributed by atoms with Crippen molar-refractivity contribution in [2.24, 2.45) is 0 Å². The van der Waals surface area contributed by atoms with Gasteiger partial charge in [-0.25, -0.2) is 0 Å². The smallest absolute Gasteiger partial charge is 0.252 e. The van der Waals surface area contributed by atoms with Gasteiger partial charge in [0.05, 0.1) is 17.2 Å². The van der Waals surface area contributed by atoms with Gasteiger partial charge in [-0.05, 0) is 61.0 Å². The minimum Gasteiger partial charge on any atom is -0.490 e. The van der Waals surface area contributed by atoms with Crippen molar-refractivity contribution >= 4 is 35.2 Å². The molecule has 7 nitrogen and oxygen atoms in total. The van der Waals surface area contributed by atoms with Gasteiger partial charge in [0.1, 0.15) is 19.0 Å². The maximum Gasteiger partial charge on any atom is 0.252 e. The van der Waals surface area contributed by atoms with Crippen LogP contribution in [-0.4, -0.2) is 38.7 Å². The van der Waals surface area contributed by atoms with Crippen LogP contribution in [0.15, 0.2) is 72.8 Å². The van der Waals surface area contributed by atoms with E-state index in [2.05, 4.69) is 10.6 Å². The number of halogens is 1. The average molecular weight is 495 g/mol. The molecule has 0 radical (unpaired) electrons. The quantitative estimate of drug-likeness (QED) is 0.282. The van der Waals surface area contributed by atoms with Crippen molar-refractivity contribution in [3.63, 3.8) is 0 Å². The van der Waals surface area contributed by atoms with Crippen LogP contribution in [-0.2, 0) is 4.79 Å². The molecule has 35 heavy (non-hydrogen) atoms. The van der Waals surface area contributed by atoms with Gasteiger partial charge < -0.3 is 24.8 Å². The molecule has 2 N–H and O–H groups in total. The summed E-state index contributed by atoms with van der Waals surface area (Å²) in [5.74, 6) is 1.25. The Morgan fingerprint density at radius 2 is 1.69 bits per heavy atom. The molecule has 0 bridgehead atoms. The van der Waals surface area contributed by atoms with Gasteiger partial charge in [0.25, 0.3) is 5.91 Å². The van der Waals surface area contributed by atoms with Crippen LogP contribution in [0.4, 0.5) is 5.69 Å². The minimum absolute atomic E-state index is 0.280. The highest BCUT2D eigenvalue weighted by molar-refractivity contribution is 6.34. The van der Waals surface area contributed by atoms with Gasteiger partial charge in [-0.2, -0.15) is 0 Å². The molecule has 0 unspecified atom stereocenters. The van der Waals surface area contributed by atoms with E-state index in [1.54, 1.807) is 30.3 Å². The van der Waals surface area contributed by atoms with Gasteiger partial charge in [0.15, 0.2) is 11.5 Å². The summed E-state index contributed by atoms with van der Waals surface area (Å²) in [6.45, 7) is 3.10. The highest BCUT2D eigenvalue weighted by Crippen LogP contribution is 2.29. The van der Waals surface area contributed by atoms with E-state index in [0.29, 0.717) is 42.0 Å². The number of ether oxygens (including phenoxy) is 3. The van der Waals surface area contributed by atoms with E-state index in [1.807, 2.05) is 43.3 Å². The zero-order valence-corrected chi connectivity index (χ0v) is 20.3. The summed E-state index contributed by atoms with van der Waals surface area (Å²) in [5, 5.41) is 5.54. The Morgan fingerprint density at radius 3 is 2.43 bits per heavy atom. The molecule has 0 spiro atoms. The second-order valence-electron chi connectivity index (χ2n) is 7.25. The Morgan fingerprint density at radius 1 is 0.914 bits per heavy atom. The third-order valence-corrected chi connectivity index (χ3v) is 5.08. The number of para-hydroxylation sites is 1. The Bertz CT molecular complexity index is 1180. The van der Waals surface area contributed by atoms with Crippen LogP contribution in [0.1, 0.15) is 22.8 Å². The van der Waals surface area contributed by atoms with Crippen LogP contribution in [0.5, 0.6) is 17.2 Å². The molecule has 8 heteroatoms. The maximum absolute atomic E-state index is 12.4. The van der Waals surface area contributed by atoms with Gasteiger partial charge in [-0.15, -0.1) is 0 Å². The fourth-order valence-electron chi connectivity index (χ4n) is 3.11. The summed E-state index contributed by atoms with van der Waals surface area (Å²) < 4.78 is 17.2. The number of rotatable bonds is 11. The summed E-state index contributed by atoms with van der Waals surface area (Å²) in [6.07, 6.45) is 3.06. The predicted molar refractivity (Wildman–Crippen MR) is 138 cm³/mol. The molecule has 3 aromatic rings. The highest BCUT2D eigenvalue weighted by Gasteiger charge is 2.11. The molecule has 0 fully saturated rings. The van der Waals surface area contributed by atoms with Crippen molar-refractivity contribution in [2.45, 2.75) is 6.92 Å². The Hall–Kier alpha value is -3.97. The molecular formula is C27H27ClN2O5. The van der Waals surface area contributed by atoms with Gasteiger partial charge in [-0.1, -0.05) is 35.9 Å². The summed E-state index contributed by atoms with van der Waals surface area (Å²) in [6, 6.07) is 19.6. The number of anilines is 1. The summed E-state index contributed by atoms with van der Waals surface area (Å²) in [7, 11) is 1.51. The zero-order valence-electron chi connectivity index (χ0n) is 19.5. The topological polar surface area (TPSA) is 85.9 Å². The third kappa shape index (κ3) is 7.79. The normalized spacial score (nSPS) is 10.6. The van der Waals surface area contributed by atoms with E-state index in [-0.39, 0.29) is 17.4 Å². The number of carbonyl (C=O) groups is 2. The minimum atomic E-state index is -0.355. The van der Waals surface area contributed by atoms with Crippen molar-refractivity contribution in [3.8, 4) is 17.2 Å². The molecule has 0 atom stereocenters. The van der Waals surface area contributed by atoms with Crippen LogP contribution in [0, 0.1) is 0 Å². The lowest BCUT2D eigenvalue weighted by Gasteiger charge is -2.13. The first kappa shape index (κ1) is 25.6. The number of carbonyl (C=O) groups excluding carboxylic acids is 2. The van der Waals surface area contributed by atoms with Crippen LogP contribution in [0.2, 0.25) is 5.02 Å².